The van der Waals surface area contributed by atoms with Gasteiger partial charge in [0.25, 0.3) is 5.91 Å². The quantitative estimate of drug-likeness (QED) is 0.214. The van der Waals surface area contributed by atoms with Crippen molar-refractivity contribution in [3.05, 3.63) is 83.9 Å². The molecule has 8 heteroatoms. The topological polar surface area (TPSA) is 66.0 Å². The predicted molar refractivity (Wildman–Crippen MR) is 138 cm³/mol. The lowest BCUT2D eigenvalue weighted by atomic mass is 10.1. The minimum Gasteiger partial charge on any atom is -0.497 e. The van der Waals surface area contributed by atoms with Crippen LogP contribution in [0.2, 0.25) is 0 Å². The van der Waals surface area contributed by atoms with E-state index in [0.29, 0.717) is 23.0 Å². The number of alkyl halides is 2. The van der Waals surface area contributed by atoms with E-state index in [2.05, 4.69) is 20.7 Å². The number of nitrogens with one attached hydrogen (secondary N) is 2. The molecule has 3 aromatic rings. The van der Waals surface area contributed by atoms with Crippen LogP contribution >= 0.6 is 23.2 Å². The van der Waals surface area contributed by atoms with E-state index in [4.69, 9.17) is 27.9 Å². The van der Waals surface area contributed by atoms with Gasteiger partial charge in [-0.05, 0) is 54.1 Å². The van der Waals surface area contributed by atoms with Crippen LogP contribution < -0.4 is 20.4 Å². The Hall–Kier alpha value is -3.22. The van der Waals surface area contributed by atoms with Gasteiger partial charge in [-0.1, -0.05) is 24.3 Å². The Bertz CT molecular complexity index is 1050. The summed E-state index contributed by atoms with van der Waals surface area (Å²) < 4.78 is 5.18. The molecule has 0 saturated heterocycles. The summed E-state index contributed by atoms with van der Waals surface area (Å²) in [6.45, 7) is 1.45. The molecule has 0 radical (unpaired) electrons. The van der Waals surface area contributed by atoms with Crippen molar-refractivity contribution >= 4 is 52.4 Å². The molecule has 0 heterocycles. The molecule has 1 amide bonds. The number of ether oxygens (including phenoxy) is 1. The van der Waals surface area contributed by atoms with Crippen LogP contribution in [0.1, 0.15) is 15.9 Å². The fraction of sp³-hybridized carbons (Fsp3) is 0.200. The van der Waals surface area contributed by atoms with Crippen LogP contribution in [0.3, 0.4) is 0 Å². The number of amides is 1. The highest BCUT2D eigenvalue weighted by Gasteiger charge is 2.10. The van der Waals surface area contributed by atoms with Gasteiger partial charge < -0.3 is 15.0 Å². The van der Waals surface area contributed by atoms with Crippen molar-refractivity contribution < 1.29 is 9.53 Å². The SMILES string of the molecule is COc1ccc(Nc2ccccc2C(=O)NN=Cc2ccc(N(CCCl)CCCl)cc2)cc1. The van der Waals surface area contributed by atoms with Crippen LogP contribution in [0.15, 0.2) is 77.9 Å². The molecule has 33 heavy (non-hydrogen) atoms. The average molecular weight is 485 g/mol. The van der Waals surface area contributed by atoms with Gasteiger partial charge in [0, 0.05) is 36.2 Å². The van der Waals surface area contributed by atoms with Crippen molar-refractivity contribution in [3.63, 3.8) is 0 Å². The minimum atomic E-state index is -0.310. The van der Waals surface area contributed by atoms with Gasteiger partial charge in [-0.25, -0.2) is 5.43 Å². The number of carbonyl (C=O) groups is 1. The first-order valence-electron chi connectivity index (χ1n) is 10.4. The lowest BCUT2D eigenvalue weighted by Crippen LogP contribution is -2.27. The van der Waals surface area contributed by atoms with Crippen molar-refractivity contribution in [2.45, 2.75) is 0 Å². The zero-order valence-electron chi connectivity index (χ0n) is 18.3. The summed E-state index contributed by atoms with van der Waals surface area (Å²) in [5.41, 5.74) is 6.50. The van der Waals surface area contributed by atoms with Gasteiger partial charge in [0.1, 0.15) is 5.75 Å². The number of methoxy groups -OCH3 is 1. The van der Waals surface area contributed by atoms with Gasteiger partial charge in [-0.15, -0.1) is 23.2 Å². The molecule has 0 fully saturated rings. The van der Waals surface area contributed by atoms with Crippen molar-refractivity contribution in [2.24, 2.45) is 5.10 Å². The maximum Gasteiger partial charge on any atom is 0.273 e. The molecule has 0 unspecified atom stereocenters. The number of carbonyl (C=O) groups excluding carboxylic acids is 1. The van der Waals surface area contributed by atoms with E-state index >= 15 is 0 Å². The second kappa shape index (κ2) is 12.7. The summed E-state index contributed by atoms with van der Waals surface area (Å²) in [6, 6.07) is 22.6. The summed E-state index contributed by atoms with van der Waals surface area (Å²) >= 11 is 11.7. The Morgan fingerprint density at radius 3 is 2.27 bits per heavy atom. The summed E-state index contributed by atoms with van der Waals surface area (Å²) in [6.07, 6.45) is 1.61. The average Bonchev–Trinajstić information content (AvgIpc) is 2.85. The molecule has 0 atom stereocenters. The van der Waals surface area contributed by atoms with Gasteiger partial charge in [0.2, 0.25) is 0 Å². The molecule has 0 aromatic heterocycles. The molecule has 0 aliphatic carbocycles. The first kappa shape index (κ1) is 24.4. The lowest BCUT2D eigenvalue weighted by Gasteiger charge is -2.22. The first-order valence-corrected chi connectivity index (χ1v) is 11.5. The normalized spacial score (nSPS) is 10.8. The number of hydrogen-bond acceptors (Lipinski definition) is 5. The highest BCUT2D eigenvalue weighted by molar-refractivity contribution is 6.18. The molecule has 0 spiro atoms. The number of hydrogen-bond donors (Lipinski definition) is 2. The number of rotatable bonds is 11. The number of hydrazone groups is 1. The van der Waals surface area contributed by atoms with Crippen LogP contribution in [0.4, 0.5) is 17.1 Å². The lowest BCUT2D eigenvalue weighted by molar-refractivity contribution is 0.0956. The highest BCUT2D eigenvalue weighted by atomic mass is 35.5. The smallest absolute Gasteiger partial charge is 0.273 e. The Morgan fingerprint density at radius 1 is 0.970 bits per heavy atom. The maximum atomic E-state index is 12.7. The molecular weight excluding hydrogens is 459 g/mol. The second-order valence-electron chi connectivity index (χ2n) is 7.05. The molecule has 6 nitrogen and oxygen atoms in total. The van der Waals surface area contributed by atoms with Crippen molar-refractivity contribution in [1.82, 2.24) is 5.43 Å². The third-order valence-corrected chi connectivity index (χ3v) is 5.23. The molecule has 3 rings (SSSR count). The van der Waals surface area contributed by atoms with E-state index in [1.165, 1.54) is 0 Å². The number of halogens is 2. The van der Waals surface area contributed by atoms with E-state index < -0.39 is 0 Å². The van der Waals surface area contributed by atoms with E-state index in [-0.39, 0.29) is 5.91 Å². The zero-order chi connectivity index (χ0) is 23.5. The Balaban J connectivity index is 1.63. The molecule has 0 bridgehead atoms. The predicted octanol–water partition coefficient (Wildman–Crippen LogP) is 5.49. The Kier molecular flexibility index (Phi) is 9.42. The third kappa shape index (κ3) is 7.14. The number of anilines is 3. The van der Waals surface area contributed by atoms with Crippen molar-refractivity contribution in [2.75, 3.05) is 42.2 Å². The summed E-state index contributed by atoms with van der Waals surface area (Å²) in [7, 11) is 1.62. The Morgan fingerprint density at radius 2 is 1.64 bits per heavy atom. The monoisotopic (exact) mass is 484 g/mol. The van der Waals surface area contributed by atoms with Gasteiger partial charge in [0.15, 0.2) is 0 Å². The van der Waals surface area contributed by atoms with Gasteiger partial charge in [-0.2, -0.15) is 5.10 Å². The third-order valence-electron chi connectivity index (χ3n) is 4.89. The van der Waals surface area contributed by atoms with Crippen LogP contribution in [0.5, 0.6) is 5.75 Å². The summed E-state index contributed by atoms with van der Waals surface area (Å²) in [4.78, 5) is 14.8. The number of nitrogens with zero attached hydrogens (tertiary/aromatic N) is 2. The second-order valence-corrected chi connectivity index (χ2v) is 7.81. The minimum absolute atomic E-state index is 0.310. The van der Waals surface area contributed by atoms with E-state index in [1.807, 2.05) is 66.7 Å². The molecule has 0 aliphatic heterocycles. The maximum absolute atomic E-state index is 12.7. The van der Waals surface area contributed by atoms with Gasteiger partial charge in [0.05, 0.1) is 24.6 Å². The fourth-order valence-electron chi connectivity index (χ4n) is 3.19. The van der Waals surface area contributed by atoms with Gasteiger partial charge >= 0.3 is 0 Å². The summed E-state index contributed by atoms with van der Waals surface area (Å²) in [5, 5.41) is 7.37. The van der Waals surface area contributed by atoms with Crippen molar-refractivity contribution in [3.8, 4) is 5.75 Å². The number of benzene rings is 3. The van der Waals surface area contributed by atoms with Gasteiger partial charge in [-0.3, -0.25) is 4.79 Å². The van der Waals surface area contributed by atoms with E-state index in [9.17, 15) is 4.79 Å². The summed E-state index contributed by atoms with van der Waals surface area (Å²) in [5.74, 6) is 1.51. The standard InChI is InChI=1S/C25H26Cl2N4O2/c1-33-22-12-8-20(9-13-22)29-24-5-3-2-4-23(24)25(32)30-28-18-19-6-10-21(11-7-19)31(16-14-26)17-15-27/h2-13,18,29H,14-17H2,1H3,(H,30,32). The zero-order valence-corrected chi connectivity index (χ0v) is 19.8. The van der Waals surface area contributed by atoms with E-state index in [1.54, 1.807) is 19.4 Å². The van der Waals surface area contributed by atoms with Crippen molar-refractivity contribution in [1.29, 1.82) is 0 Å². The highest BCUT2D eigenvalue weighted by Crippen LogP contribution is 2.23. The molecule has 172 valence electrons. The van der Waals surface area contributed by atoms with Crippen LogP contribution in [0.25, 0.3) is 0 Å². The Labute approximate surface area is 204 Å². The molecular formula is C25H26Cl2N4O2. The first-order chi connectivity index (χ1) is 16.1. The largest absolute Gasteiger partial charge is 0.497 e. The van der Waals surface area contributed by atoms with Crippen LogP contribution in [0, 0.1) is 0 Å². The molecule has 3 aromatic carbocycles. The van der Waals surface area contributed by atoms with Crippen LogP contribution in [-0.4, -0.2) is 44.1 Å². The fourth-order valence-corrected chi connectivity index (χ4v) is 3.60. The molecule has 0 aliphatic rings. The molecule has 2 N–H and O–H groups in total. The molecule has 0 saturated carbocycles. The number of para-hydroxylation sites is 1. The van der Waals surface area contributed by atoms with E-state index in [0.717, 1.165) is 35.8 Å². The van der Waals surface area contributed by atoms with Crippen LogP contribution in [-0.2, 0) is 0 Å².